The number of nitrogens with one attached hydrogen (secondary N) is 1. The molecule has 0 heterocycles. The van der Waals surface area contributed by atoms with E-state index in [1.54, 1.807) is 43.5 Å². The van der Waals surface area contributed by atoms with E-state index in [9.17, 15) is 18.0 Å². The minimum absolute atomic E-state index is 0.0208. The normalized spacial score (nSPS) is 12.0. The third-order valence-electron chi connectivity index (χ3n) is 7.22. The third-order valence-corrected chi connectivity index (χ3v) is 9.49. The Morgan fingerprint density at radius 1 is 0.826 bits per heavy atom. The predicted molar refractivity (Wildman–Crippen MR) is 183 cm³/mol. The second-order valence-electron chi connectivity index (χ2n) is 11.2. The first-order valence-corrected chi connectivity index (χ1v) is 17.0. The molecule has 4 rings (SSSR count). The molecule has 0 saturated carbocycles. The van der Waals surface area contributed by atoms with E-state index in [0.717, 1.165) is 9.87 Å². The van der Waals surface area contributed by atoms with Gasteiger partial charge >= 0.3 is 0 Å². The van der Waals surface area contributed by atoms with E-state index < -0.39 is 28.5 Å². The molecule has 2 amide bonds. The summed E-state index contributed by atoms with van der Waals surface area (Å²) in [6.07, 6.45) is 0.210. The van der Waals surface area contributed by atoms with Crippen LogP contribution in [0.25, 0.3) is 0 Å². The summed E-state index contributed by atoms with van der Waals surface area (Å²) in [6.45, 7) is 3.79. The largest absolute Gasteiger partial charge is 0.497 e. The lowest BCUT2D eigenvalue weighted by molar-refractivity contribution is -0.140. The van der Waals surface area contributed by atoms with E-state index in [1.807, 2.05) is 50.2 Å². The van der Waals surface area contributed by atoms with Crippen molar-refractivity contribution >= 4 is 50.7 Å². The maximum atomic E-state index is 14.5. The van der Waals surface area contributed by atoms with Gasteiger partial charge in [-0.05, 0) is 71.6 Å². The Kier molecular flexibility index (Phi) is 12.1. The van der Waals surface area contributed by atoms with E-state index >= 15 is 0 Å². The van der Waals surface area contributed by atoms with Crippen molar-refractivity contribution < 1.29 is 22.7 Å². The number of sulfonamides is 1. The number of hydrogen-bond donors (Lipinski definition) is 1. The zero-order valence-corrected chi connectivity index (χ0v) is 28.2. The molecule has 0 fully saturated rings. The van der Waals surface area contributed by atoms with Crippen LogP contribution < -0.4 is 14.4 Å². The van der Waals surface area contributed by atoms with E-state index in [0.29, 0.717) is 27.9 Å². The van der Waals surface area contributed by atoms with Crippen molar-refractivity contribution in [3.05, 3.63) is 124 Å². The van der Waals surface area contributed by atoms with E-state index in [1.165, 1.54) is 35.2 Å². The van der Waals surface area contributed by atoms with Crippen LogP contribution in [-0.2, 0) is 32.6 Å². The Bertz CT molecular complexity index is 1730. The van der Waals surface area contributed by atoms with Crippen molar-refractivity contribution in [3.8, 4) is 5.75 Å². The Hall–Kier alpha value is -4.05. The maximum absolute atomic E-state index is 14.5. The van der Waals surface area contributed by atoms with Crippen LogP contribution in [0.2, 0.25) is 10.0 Å². The van der Waals surface area contributed by atoms with Crippen LogP contribution in [0.4, 0.5) is 5.69 Å². The Morgan fingerprint density at radius 2 is 1.50 bits per heavy atom. The van der Waals surface area contributed by atoms with Gasteiger partial charge in [-0.3, -0.25) is 13.9 Å². The molecule has 4 aromatic rings. The highest BCUT2D eigenvalue weighted by Gasteiger charge is 2.34. The van der Waals surface area contributed by atoms with Gasteiger partial charge < -0.3 is 15.0 Å². The molecule has 0 saturated heterocycles. The molecule has 0 spiro atoms. The topological polar surface area (TPSA) is 96.0 Å². The highest BCUT2D eigenvalue weighted by Crippen LogP contribution is 2.28. The molecule has 4 aromatic carbocycles. The van der Waals surface area contributed by atoms with Crippen LogP contribution in [0.3, 0.4) is 0 Å². The number of carbonyl (C=O) groups excluding carboxylic acids is 2. The van der Waals surface area contributed by atoms with Gasteiger partial charge in [0.1, 0.15) is 18.3 Å². The highest BCUT2D eigenvalue weighted by atomic mass is 35.5. The monoisotopic (exact) mass is 681 g/mol. The lowest BCUT2D eigenvalue weighted by Crippen LogP contribution is -2.53. The molecule has 0 bridgehead atoms. The summed E-state index contributed by atoms with van der Waals surface area (Å²) < 4.78 is 34.6. The summed E-state index contributed by atoms with van der Waals surface area (Å²) in [5.41, 5.74) is 1.74. The molecule has 0 aliphatic heterocycles. The quantitative estimate of drug-likeness (QED) is 0.162. The summed E-state index contributed by atoms with van der Waals surface area (Å²) in [5.74, 6) is -0.170. The van der Waals surface area contributed by atoms with E-state index in [-0.39, 0.29) is 35.4 Å². The summed E-state index contributed by atoms with van der Waals surface area (Å²) in [7, 11) is -2.73. The second-order valence-corrected chi connectivity index (χ2v) is 13.9. The molecule has 0 aromatic heterocycles. The summed E-state index contributed by atoms with van der Waals surface area (Å²) in [6, 6.07) is 27.6. The zero-order valence-electron chi connectivity index (χ0n) is 25.9. The van der Waals surface area contributed by atoms with Gasteiger partial charge in [-0.25, -0.2) is 8.42 Å². The number of benzene rings is 4. The minimum Gasteiger partial charge on any atom is -0.497 e. The van der Waals surface area contributed by atoms with Gasteiger partial charge in [-0.1, -0.05) is 85.6 Å². The molecule has 0 radical (unpaired) electrons. The van der Waals surface area contributed by atoms with Gasteiger partial charge in [0.05, 0.1) is 17.7 Å². The highest BCUT2D eigenvalue weighted by molar-refractivity contribution is 7.92. The Balaban J connectivity index is 1.81. The Morgan fingerprint density at radius 3 is 2.15 bits per heavy atom. The van der Waals surface area contributed by atoms with Gasteiger partial charge in [0, 0.05) is 29.6 Å². The smallest absolute Gasteiger partial charge is 0.264 e. The fraction of sp³-hybridized carbons (Fsp3) is 0.257. The van der Waals surface area contributed by atoms with Crippen LogP contribution in [0.15, 0.2) is 108 Å². The summed E-state index contributed by atoms with van der Waals surface area (Å²) in [4.78, 5) is 29.8. The maximum Gasteiger partial charge on any atom is 0.264 e. The molecular formula is C35H37Cl2N3O5S. The first kappa shape index (κ1) is 34.8. The van der Waals surface area contributed by atoms with Crippen LogP contribution in [0.1, 0.15) is 25.0 Å². The number of anilines is 1. The van der Waals surface area contributed by atoms with Crippen LogP contribution in [-0.4, -0.2) is 51.4 Å². The molecule has 0 aliphatic rings. The third kappa shape index (κ3) is 9.25. The predicted octanol–water partition coefficient (Wildman–Crippen LogP) is 6.61. The number of methoxy groups -OCH3 is 1. The molecule has 1 atom stereocenters. The SMILES string of the molecule is COc1cccc(CN(C(=O)CN(c2cccc(Cl)c2)S(=O)(=O)c2ccc(Cl)cc2)[C@H](Cc2ccccc2)C(=O)NCC(C)C)c1. The van der Waals surface area contributed by atoms with Crippen LogP contribution >= 0.6 is 23.2 Å². The fourth-order valence-electron chi connectivity index (χ4n) is 4.84. The van der Waals surface area contributed by atoms with Gasteiger partial charge in [0.15, 0.2) is 0 Å². The van der Waals surface area contributed by atoms with Crippen LogP contribution in [0, 0.1) is 5.92 Å². The lowest BCUT2D eigenvalue weighted by atomic mass is 10.0. The average Bonchev–Trinajstić information content (AvgIpc) is 3.04. The number of carbonyl (C=O) groups is 2. The number of ether oxygens (including phenoxy) is 1. The number of halogens is 2. The fourth-order valence-corrected chi connectivity index (χ4v) is 6.55. The Labute approximate surface area is 280 Å². The van der Waals surface area contributed by atoms with E-state index in [2.05, 4.69) is 5.32 Å². The molecule has 0 unspecified atom stereocenters. The molecular weight excluding hydrogens is 645 g/mol. The molecule has 8 nitrogen and oxygen atoms in total. The second kappa shape index (κ2) is 16.0. The number of hydrogen-bond acceptors (Lipinski definition) is 5. The van der Waals surface area contributed by atoms with Gasteiger partial charge in [0.25, 0.3) is 10.0 Å². The number of rotatable bonds is 14. The lowest BCUT2D eigenvalue weighted by Gasteiger charge is -2.34. The van der Waals surface area contributed by atoms with Gasteiger partial charge in [0.2, 0.25) is 11.8 Å². The number of nitrogens with zero attached hydrogens (tertiary/aromatic N) is 2. The molecule has 11 heteroatoms. The molecule has 242 valence electrons. The molecule has 46 heavy (non-hydrogen) atoms. The zero-order chi connectivity index (χ0) is 33.3. The first-order chi connectivity index (χ1) is 22.0. The molecule has 1 N–H and O–H groups in total. The average molecular weight is 683 g/mol. The number of amides is 2. The first-order valence-electron chi connectivity index (χ1n) is 14.8. The van der Waals surface area contributed by atoms with Crippen molar-refractivity contribution in [3.63, 3.8) is 0 Å². The van der Waals surface area contributed by atoms with Crippen LogP contribution in [0.5, 0.6) is 5.75 Å². The molecule has 0 aliphatic carbocycles. The van der Waals surface area contributed by atoms with Gasteiger partial charge in [-0.2, -0.15) is 0 Å². The van der Waals surface area contributed by atoms with Crippen molar-refractivity contribution in [2.24, 2.45) is 5.92 Å². The van der Waals surface area contributed by atoms with Crippen molar-refractivity contribution in [2.75, 3.05) is 24.5 Å². The summed E-state index contributed by atoms with van der Waals surface area (Å²) in [5, 5.41) is 3.64. The van der Waals surface area contributed by atoms with Crippen molar-refractivity contribution in [1.29, 1.82) is 0 Å². The summed E-state index contributed by atoms with van der Waals surface area (Å²) >= 11 is 12.3. The van der Waals surface area contributed by atoms with E-state index in [4.69, 9.17) is 27.9 Å². The van der Waals surface area contributed by atoms with Crippen molar-refractivity contribution in [2.45, 2.75) is 37.8 Å². The van der Waals surface area contributed by atoms with Gasteiger partial charge in [-0.15, -0.1) is 0 Å². The minimum atomic E-state index is -4.28. The van der Waals surface area contributed by atoms with Crippen molar-refractivity contribution in [1.82, 2.24) is 10.2 Å². The standard InChI is InChI=1S/C35H37Cl2N3O5S/c1-25(2)22-38-35(42)33(20-26-9-5-4-6-10-26)39(23-27-11-7-14-31(19-27)45-3)34(41)24-40(30-13-8-12-29(37)21-30)46(43,44)32-17-15-28(36)16-18-32/h4-19,21,25,33H,20,22-24H2,1-3H3,(H,38,42)/t33-/m1/s1.